The summed E-state index contributed by atoms with van der Waals surface area (Å²) >= 11 is 3.11. The molecule has 0 fully saturated rings. The number of quaternary nitrogens is 1. The fourth-order valence-corrected chi connectivity index (χ4v) is 2.99. The molecule has 5 N–H and O–H groups in total. The second-order valence-electron chi connectivity index (χ2n) is 4.75. The van der Waals surface area contributed by atoms with Gasteiger partial charge in [0.25, 0.3) is 5.91 Å². The fourth-order valence-electron chi connectivity index (χ4n) is 1.60. The molecule has 0 saturated carbocycles. The number of oxime groups is 1. The molecule has 0 aliphatic rings. The molecular weight excluding hydrogens is 326 g/mol. The van der Waals surface area contributed by atoms with E-state index in [2.05, 4.69) is 22.5 Å². The zero-order valence-corrected chi connectivity index (χ0v) is 14.5. The highest BCUT2D eigenvalue weighted by atomic mass is 32.2. The third-order valence-corrected chi connectivity index (χ3v) is 4.71. The van der Waals surface area contributed by atoms with Crippen LogP contribution in [0, 0.1) is 0 Å². The lowest BCUT2D eigenvalue weighted by Crippen LogP contribution is -2.69. The second kappa shape index (κ2) is 13.7. The summed E-state index contributed by atoms with van der Waals surface area (Å²) in [5.74, 6) is -0.289. The van der Waals surface area contributed by atoms with Crippen molar-refractivity contribution >= 4 is 40.4 Å². The van der Waals surface area contributed by atoms with Crippen LogP contribution in [-0.4, -0.2) is 52.5 Å². The quantitative estimate of drug-likeness (QED) is 0.140. The van der Waals surface area contributed by atoms with E-state index in [1.807, 2.05) is 11.8 Å². The van der Waals surface area contributed by atoms with Crippen LogP contribution in [0.15, 0.2) is 5.16 Å². The molecule has 22 heavy (non-hydrogen) atoms. The molecule has 0 radical (unpaired) electrons. The Morgan fingerprint density at radius 3 is 2.59 bits per heavy atom. The minimum atomic E-state index is -1.34. The van der Waals surface area contributed by atoms with E-state index in [0.29, 0.717) is 17.2 Å². The van der Waals surface area contributed by atoms with E-state index < -0.39 is 24.5 Å². The predicted octanol–water partition coefficient (Wildman–Crippen LogP) is -0.703. The number of amides is 1. The van der Waals surface area contributed by atoms with Gasteiger partial charge in [-0.2, -0.15) is 11.8 Å². The summed E-state index contributed by atoms with van der Waals surface area (Å²) in [5, 5.41) is 25.2. The van der Waals surface area contributed by atoms with Crippen LogP contribution in [0.5, 0.6) is 0 Å². The van der Waals surface area contributed by atoms with Gasteiger partial charge >= 0.3 is 0 Å². The Balaban J connectivity index is 3.84. The summed E-state index contributed by atoms with van der Waals surface area (Å²) in [6, 6.07) is -0.609. The average molecular weight is 351 g/mol. The summed E-state index contributed by atoms with van der Waals surface area (Å²) in [5.41, 5.74) is 3.67. The van der Waals surface area contributed by atoms with Crippen LogP contribution in [0.1, 0.15) is 32.1 Å². The minimum absolute atomic E-state index is 0.338. The number of aliphatic carboxylic acids is 1. The summed E-state index contributed by atoms with van der Waals surface area (Å²) < 4.78 is 0. The lowest BCUT2D eigenvalue weighted by Gasteiger charge is -2.10. The van der Waals surface area contributed by atoms with Gasteiger partial charge in [0.2, 0.25) is 0 Å². The summed E-state index contributed by atoms with van der Waals surface area (Å²) in [6.07, 6.45) is 7.14. The van der Waals surface area contributed by atoms with Crippen LogP contribution >= 0.6 is 23.5 Å². The molecule has 1 amide bonds. The molecular formula is C13H25N3O4S2. The first-order valence-electron chi connectivity index (χ1n) is 7.14. The monoisotopic (exact) mass is 351 g/mol. The van der Waals surface area contributed by atoms with Crippen molar-refractivity contribution in [3.63, 3.8) is 0 Å². The molecule has 1 atom stereocenters. The Labute approximate surface area is 139 Å². The SMILES string of the molecule is CSCCCCCC/C(=N\O)SC[C@H]([NH3+])C(=O)NCC(=O)[O-]. The molecule has 7 nitrogen and oxygen atoms in total. The molecule has 0 aromatic heterocycles. The molecule has 0 unspecified atom stereocenters. The van der Waals surface area contributed by atoms with Crippen molar-refractivity contribution in [2.45, 2.75) is 38.1 Å². The van der Waals surface area contributed by atoms with Gasteiger partial charge < -0.3 is 26.2 Å². The molecule has 0 bridgehead atoms. The molecule has 0 aliphatic heterocycles. The number of carbonyl (C=O) groups excluding carboxylic acids is 2. The minimum Gasteiger partial charge on any atom is -0.548 e. The van der Waals surface area contributed by atoms with Gasteiger partial charge in [-0.1, -0.05) is 18.0 Å². The molecule has 0 rings (SSSR count). The third kappa shape index (κ3) is 11.7. The van der Waals surface area contributed by atoms with Gasteiger partial charge in [0.15, 0.2) is 6.04 Å². The van der Waals surface area contributed by atoms with Crippen LogP contribution in [0.2, 0.25) is 0 Å². The maximum Gasteiger partial charge on any atom is 0.279 e. The maximum absolute atomic E-state index is 11.5. The number of unbranched alkanes of at least 4 members (excludes halogenated alkanes) is 3. The zero-order valence-electron chi connectivity index (χ0n) is 12.9. The van der Waals surface area contributed by atoms with E-state index >= 15 is 0 Å². The standard InChI is InChI=1S/C13H25N3O4S2/c1-21-7-5-3-2-4-6-11(16-20)22-9-10(14)13(19)15-8-12(17)18/h10,20H,2-9,14H2,1H3,(H,15,19)(H,17,18)/b16-11+/t10-/m0/s1. The van der Waals surface area contributed by atoms with Crippen LogP contribution < -0.4 is 16.2 Å². The van der Waals surface area contributed by atoms with Crippen molar-refractivity contribution in [2.24, 2.45) is 5.16 Å². The third-order valence-electron chi connectivity index (χ3n) is 2.83. The first kappa shape index (κ1) is 21.1. The predicted molar refractivity (Wildman–Crippen MR) is 87.8 cm³/mol. The molecule has 0 aromatic carbocycles. The Morgan fingerprint density at radius 1 is 1.32 bits per heavy atom. The molecule has 0 spiro atoms. The van der Waals surface area contributed by atoms with Crippen molar-refractivity contribution in [2.75, 3.05) is 24.3 Å². The highest BCUT2D eigenvalue weighted by molar-refractivity contribution is 8.14. The number of thioether (sulfide) groups is 2. The number of nitrogens with one attached hydrogen (secondary N) is 1. The van der Waals surface area contributed by atoms with Gasteiger partial charge in [0.1, 0.15) is 5.04 Å². The van der Waals surface area contributed by atoms with Crippen LogP contribution in [0.4, 0.5) is 0 Å². The lowest BCUT2D eigenvalue weighted by atomic mass is 10.2. The van der Waals surface area contributed by atoms with E-state index in [9.17, 15) is 14.7 Å². The summed E-state index contributed by atoms with van der Waals surface area (Å²) in [7, 11) is 0. The molecule has 0 aromatic rings. The number of carbonyl (C=O) groups is 2. The van der Waals surface area contributed by atoms with Crippen molar-refractivity contribution < 1.29 is 25.6 Å². The summed E-state index contributed by atoms with van der Waals surface area (Å²) in [4.78, 5) is 21.8. The summed E-state index contributed by atoms with van der Waals surface area (Å²) in [6.45, 7) is -0.521. The Bertz CT molecular complexity index is 367. The maximum atomic E-state index is 11.5. The molecule has 0 aliphatic carbocycles. The van der Waals surface area contributed by atoms with Gasteiger partial charge in [0.05, 0.1) is 18.3 Å². The van der Waals surface area contributed by atoms with Crippen molar-refractivity contribution in [1.82, 2.24) is 5.32 Å². The van der Waals surface area contributed by atoms with Crippen molar-refractivity contribution in [1.29, 1.82) is 0 Å². The number of carboxylic acid groups (broad SMARTS) is 1. The van der Waals surface area contributed by atoms with Crippen LogP contribution in [0.3, 0.4) is 0 Å². The average Bonchev–Trinajstić information content (AvgIpc) is 2.50. The van der Waals surface area contributed by atoms with Crippen molar-refractivity contribution in [3.05, 3.63) is 0 Å². The van der Waals surface area contributed by atoms with Crippen molar-refractivity contribution in [3.8, 4) is 0 Å². The largest absolute Gasteiger partial charge is 0.548 e. The van der Waals surface area contributed by atoms with E-state index in [0.717, 1.165) is 19.3 Å². The Hall–Kier alpha value is -0.930. The van der Waals surface area contributed by atoms with E-state index in [1.54, 1.807) is 0 Å². The highest BCUT2D eigenvalue weighted by Gasteiger charge is 2.18. The number of rotatable bonds is 12. The highest BCUT2D eigenvalue weighted by Crippen LogP contribution is 2.13. The van der Waals surface area contributed by atoms with Gasteiger partial charge in [0, 0.05) is 0 Å². The second-order valence-corrected chi connectivity index (χ2v) is 6.83. The number of nitrogens with zero attached hydrogens (tertiary/aromatic N) is 1. The van der Waals surface area contributed by atoms with Gasteiger partial charge in [-0.15, -0.1) is 11.8 Å². The van der Waals surface area contributed by atoms with E-state index in [-0.39, 0.29) is 0 Å². The Kier molecular flexibility index (Phi) is 13.1. The van der Waals surface area contributed by atoms with Crippen LogP contribution in [0.25, 0.3) is 0 Å². The molecule has 0 heterocycles. The molecule has 0 saturated heterocycles. The van der Waals surface area contributed by atoms with E-state index in [4.69, 9.17) is 5.21 Å². The number of hydrogen-bond donors (Lipinski definition) is 3. The Morgan fingerprint density at radius 2 is 2.00 bits per heavy atom. The molecule has 9 heteroatoms. The lowest BCUT2D eigenvalue weighted by molar-refractivity contribution is -0.396. The number of hydrogen-bond acceptors (Lipinski definition) is 7. The zero-order chi connectivity index (χ0) is 16.8. The smallest absolute Gasteiger partial charge is 0.279 e. The topological polar surface area (TPSA) is 129 Å². The van der Waals surface area contributed by atoms with Crippen LogP contribution in [-0.2, 0) is 9.59 Å². The van der Waals surface area contributed by atoms with Gasteiger partial charge in [-0.3, -0.25) is 4.79 Å². The van der Waals surface area contributed by atoms with Gasteiger partial charge in [-0.25, -0.2) is 0 Å². The first-order valence-corrected chi connectivity index (χ1v) is 9.52. The van der Waals surface area contributed by atoms with Gasteiger partial charge in [-0.05, 0) is 31.3 Å². The van der Waals surface area contributed by atoms with E-state index in [1.165, 1.54) is 23.9 Å². The number of carboxylic acids is 1. The first-order chi connectivity index (χ1) is 10.5. The fraction of sp³-hybridized carbons (Fsp3) is 0.769. The normalized spacial score (nSPS) is 12.9. The molecule has 128 valence electrons.